The van der Waals surface area contributed by atoms with Crippen LogP contribution in [0.4, 0.5) is 5.69 Å². The van der Waals surface area contributed by atoms with E-state index in [1.165, 1.54) is 25.1 Å². The first-order valence-electron chi connectivity index (χ1n) is 5.68. The summed E-state index contributed by atoms with van der Waals surface area (Å²) in [5, 5.41) is 2.62. The number of aromatic nitrogens is 1. The van der Waals surface area contributed by atoms with E-state index < -0.39 is 5.91 Å². The molecule has 1 aromatic heterocycles. The zero-order chi connectivity index (χ0) is 13.8. The summed E-state index contributed by atoms with van der Waals surface area (Å²) in [5.41, 5.74) is 0.840. The Morgan fingerprint density at radius 1 is 1.11 bits per heavy atom. The van der Waals surface area contributed by atoms with Gasteiger partial charge in [0.05, 0.1) is 0 Å². The number of Topliss-reactive ketones (excluding diaryl/α,β-unsaturated/α-hetero) is 1. The summed E-state index contributed by atoms with van der Waals surface area (Å²) in [6.45, 7) is 1.45. The maximum atomic E-state index is 11.9. The van der Waals surface area contributed by atoms with Crippen molar-refractivity contribution in [1.29, 1.82) is 0 Å². The van der Waals surface area contributed by atoms with E-state index in [4.69, 9.17) is 0 Å². The second-order valence-electron chi connectivity index (χ2n) is 4.02. The third kappa shape index (κ3) is 3.16. The largest absolute Gasteiger partial charge is 0.321 e. The molecule has 2 N–H and O–H groups in total. The number of H-pyrrole nitrogens is 1. The number of carbonyl (C=O) groups excluding carboxylic acids is 2. The molecule has 0 atom stereocenters. The Hall–Kier alpha value is -2.69. The zero-order valence-corrected chi connectivity index (χ0v) is 10.3. The fraction of sp³-hybridized carbons (Fsp3) is 0.0714. The maximum absolute atomic E-state index is 11.9. The molecule has 0 radical (unpaired) electrons. The Balaban J connectivity index is 2.22. The molecule has 0 saturated carbocycles. The SMILES string of the molecule is CC(=O)c1cccc(NC(=O)c2cccc(=O)[nH]2)c1. The van der Waals surface area contributed by atoms with Gasteiger partial charge >= 0.3 is 0 Å². The van der Waals surface area contributed by atoms with Crippen molar-refractivity contribution in [1.82, 2.24) is 4.98 Å². The molecule has 2 aromatic rings. The fourth-order valence-electron chi connectivity index (χ4n) is 1.59. The second-order valence-corrected chi connectivity index (χ2v) is 4.02. The number of pyridine rings is 1. The van der Waals surface area contributed by atoms with Gasteiger partial charge in [0.2, 0.25) is 5.56 Å². The molecule has 0 saturated heterocycles. The van der Waals surface area contributed by atoms with Crippen molar-refractivity contribution in [3.05, 3.63) is 64.1 Å². The molecule has 19 heavy (non-hydrogen) atoms. The molecule has 96 valence electrons. The molecule has 0 unspecified atom stereocenters. The van der Waals surface area contributed by atoms with Gasteiger partial charge in [-0.2, -0.15) is 0 Å². The number of ketones is 1. The summed E-state index contributed by atoms with van der Waals surface area (Å²) in [4.78, 5) is 36.7. The number of amides is 1. The summed E-state index contributed by atoms with van der Waals surface area (Å²) in [6, 6.07) is 10.9. The number of nitrogens with one attached hydrogen (secondary N) is 2. The van der Waals surface area contributed by atoms with E-state index in [-0.39, 0.29) is 17.0 Å². The van der Waals surface area contributed by atoms with Crippen molar-refractivity contribution in [3.8, 4) is 0 Å². The molecule has 0 aliphatic carbocycles. The minimum atomic E-state index is -0.432. The third-order valence-electron chi connectivity index (χ3n) is 2.54. The lowest BCUT2D eigenvalue weighted by molar-refractivity contribution is 0.100. The van der Waals surface area contributed by atoms with Crippen LogP contribution in [0, 0.1) is 0 Å². The van der Waals surface area contributed by atoms with Crippen LogP contribution in [0.3, 0.4) is 0 Å². The molecule has 1 amide bonds. The predicted molar refractivity (Wildman–Crippen MR) is 71.5 cm³/mol. The molecule has 0 spiro atoms. The first-order chi connectivity index (χ1) is 9.06. The van der Waals surface area contributed by atoms with Crippen LogP contribution >= 0.6 is 0 Å². The lowest BCUT2D eigenvalue weighted by Gasteiger charge is -2.06. The first-order valence-corrected chi connectivity index (χ1v) is 5.68. The van der Waals surface area contributed by atoms with Crippen molar-refractivity contribution < 1.29 is 9.59 Å². The standard InChI is InChI=1S/C14H12N2O3/c1-9(17)10-4-2-5-11(8-10)15-14(19)12-6-3-7-13(18)16-12/h2-8H,1H3,(H,15,19)(H,16,18). The zero-order valence-electron chi connectivity index (χ0n) is 10.3. The summed E-state index contributed by atoms with van der Waals surface area (Å²) in [6.07, 6.45) is 0. The van der Waals surface area contributed by atoms with E-state index in [0.717, 1.165) is 0 Å². The summed E-state index contributed by atoms with van der Waals surface area (Å²) >= 11 is 0. The minimum Gasteiger partial charge on any atom is -0.321 e. The number of hydrogen-bond donors (Lipinski definition) is 2. The average molecular weight is 256 g/mol. The normalized spacial score (nSPS) is 9.95. The number of hydrogen-bond acceptors (Lipinski definition) is 3. The highest BCUT2D eigenvalue weighted by Crippen LogP contribution is 2.12. The van der Waals surface area contributed by atoms with Gasteiger partial charge in [0, 0.05) is 17.3 Å². The van der Waals surface area contributed by atoms with Crippen molar-refractivity contribution in [2.75, 3.05) is 5.32 Å². The highest BCUT2D eigenvalue weighted by molar-refractivity contribution is 6.03. The molecule has 0 fully saturated rings. The molecule has 5 nitrogen and oxygen atoms in total. The Labute approximate surface area is 109 Å². The molecule has 1 aromatic carbocycles. The van der Waals surface area contributed by atoms with E-state index in [0.29, 0.717) is 11.3 Å². The van der Waals surface area contributed by atoms with Gasteiger partial charge in [-0.3, -0.25) is 14.4 Å². The minimum absolute atomic E-state index is 0.0794. The third-order valence-corrected chi connectivity index (χ3v) is 2.54. The first kappa shape index (κ1) is 12.8. The van der Waals surface area contributed by atoms with Gasteiger partial charge in [0.25, 0.3) is 5.91 Å². The van der Waals surface area contributed by atoms with Gasteiger partial charge < -0.3 is 10.3 Å². The average Bonchev–Trinajstić information content (AvgIpc) is 2.39. The van der Waals surface area contributed by atoms with Crippen molar-refractivity contribution in [3.63, 3.8) is 0 Å². The fourth-order valence-corrected chi connectivity index (χ4v) is 1.59. The van der Waals surface area contributed by atoms with E-state index >= 15 is 0 Å². The number of carbonyl (C=O) groups is 2. The van der Waals surface area contributed by atoms with Gasteiger partial charge in [-0.25, -0.2) is 0 Å². The highest BCUT2D eigenvalue weighted by Gasteiger charge is 2.07. The highest BCUT2D eigenvalue weighted by atomic mass is 16.2. The monoisotopic (exact) mass is 256 g/mol. The van der Waals surface area contributed by atoms with Crippen molar-refractivity contribution >= 4 is 17.4 Å². The van der Waals surface area contributed by atoms with Crippen LogP contribution in [0.25, 0.3) is 0 Å². The summed E-state index contributed by atoms with van der Waals surface area (Å²) in [7, 11) is 0. The van der Waals surface area contributed by atoms with Crippen LogP contribution in [0.15, 0.2) is 47.3 Å². The van der Waals surface area contributed by atoms with E-state index in [1.807, 2.05) is 0 Å². The predicted octanol–water partition coefficient (Wildman–Crippen LogP) is 1.83. The maximum Gasteiger partial charge on any atom is 0.272 e. The van der Waals surface area contributed by atoms with Crippen LogP contribution in [-0.4, -0.2) is 16.7 Å². The molecular formula is C14H12N2O3. The molecule has 0 bridgehead atoms. The number of benzene rings is 1. The topological polar surface area (TPSA) is 79.0 Å². The van der Waals surface area contributed by atoms with Gasteiger partial charge in [0.1, 0.15) is 5.69 Å². The number of aromatic amines is 1. The van der Waals surface area contributed by atoms with Crippen LogP contribution in [0.5, 0.6) is 0 Å². The van der Waals surface area contributed by atoms with Crippen LogP contribution < -0.4 is 10.9 Å². The lowest BCUT2D eigenvalue weighted by atomic mass is 10.1. The molecule has 2 rings (SSSR count). The quantitative estimate of drug-likeness (QED) is 0.822. The lowest BCUT2D eigenvalue weighted by Crippen LogP contribution is -2.18. The van der Waals surface area contributed by atoms with Crippen molar-refractivity contribution in [2.24, 2.45) is 0 Å². The van der Waals surface area contributed by atoms with Crippen LogP contribution in [0.1, 0.15) is 27.8 Å². The van der Waals surface area contributed by atoms with E-state index in [1.54, 1.807) is 24.3 Å². The van der Waals surface area contributed by atoms with Gasteiger partial charge in [0.15, 0.2) is 5.78 Å². The molecular weight excluding hydrogens is 244 g/mol. The Morgan fingerprint density at radius 2 is 1.84 bits per heavy atom. The molecule has 1 heterocycles. The van der Waals surface area contributed by atoms with Crippen molar-refractivity contribution in [2.45, 2.75) is 6.92 Å². The Morgan fingerprint density at radius 3 is 2.53 bits per heavy atom. The van der Waals surface area contributed by atoms with E-state index in [9.17, 15) is 14.4 Å². The number of rotatable bonds is 3. The Kier molecular flexibility index (Phi) is 3.56. The van der Waals surface area contributed by atoms with Crippen LogP contribution in [-0.2, 0) is 0 Å². The smallest absolute Gasteiger partial charge is 0.272 e. The molecule has 0 aliphatic rings. The number of anilines is 1. The van der Waals surface area contributed by atoms with E-state index in [2.05, 4.69) is 10.3 Å². The van der Waals surface area contributed by atoms with Gasteiger partial charge in [-0.05, 0) is 25.1 Å². The van der Waals surface area contributed by atoms with Gasteiger partial charge in [-0.1, -0.05) is 18.2 Å². The summed E-state index contributed by atoms with van der Waals surface area (Å²) < 4.78 is 0. The second kappa shape index (κ2) is 5.30. The van der Waals surface area contributed by atoms with Gasteiger partial charge in [-0.15, -0.1) is 0 Å². The Bertz CT molecular complexity index is 689. The molecule has 5 heteroatoms. The summed E-state index contributed by atoms with van der Waals surface area (Å²) in [5.74, 6) is -0.511. The van der Waals surface area contributed by atoms with Crippen LogP contribution in [0.2, 0.25) is 0 Å². The molecule has 0 aliphatic heterocycles.